The lowest BCUT2D eigenvalue weighted by atomic mass is 9.96. The number of amides is 1. The van der Waals surface area contributed by atoms with Gasteiger partial charge in [-0.2, -0.15) is 0 Å². The zero-order valence-electron chi connectivity index (χ0n) is 15.2. The Morgan fingerprint density at radius 2 is 1.91 bits per heavy atom. The molecule has 2 saturated heterocycles. The fourth-order valence-electron chi connectivity index (χ4n) is 3.92. The molecule has 2 N–H and O–H groups in total. The quantitative estimate of drug-likeness (QED) is 0.788. The molecule has 2 rings (SSSR count). The van der Waals surface area contributed by atoms with Gasteiger partial charge in [0.1, 0.15) is 5.60 Å². The Kier molecular flexibility index (Phi) is 6.32. The summed E-state index contributed by atoms with van der Waals surface area (Å²) in [6.07, 6.45) is 6.04. The van der Waals surface area contributed by atoms with Crippen molar-refractivity contribution in [1.82, 2.24) is 10.2 Å². The molecule has 0 aromatic heterocycles. The second-order valence-corrected chi connectivity index (χ2v) is 8.14. The van der Waals surface area contributed by atoms with E-state index in [1.165, 1.54) is 0 Å². The van der Waals surface area contributed by atoms with Crippen LogP contribution in [-0.2, 0) is 4.74 Å². The molecule has 0 saturated carbocycles. The van der Waals surface area contributed by atoms with E-state index in [0.29, 0.717) is 24.0 Å². The van der Waals surface area contributed by atoms with Crippen LogP contribution in [0.4, 0.5) is 4.79 Å². The van der Waals surface area contributed by atoms with Crippen molar-refractivity contribution in [1.29, 1.82) is 0 Å². The normalized spacial score (nSPS) is 28.7. The molecule has 0 spiro atoms. The number of hydrogen-bond acceptors (Lipinski definition) is 4. The van der Waals surface area contributed by atoms with Gasteiger partial charge in [0.25, 0.3) is 0 Å². The topological polar surface area (TPSA) is 61.8 Å². The van der Waals surface area contributed by atoms with E-state index >= 15 is 0 Å². The Balaban J connectivity index is 1.85. The van der Waals surface area contributed by atoms with Crippen molar-refractivity contribution in [3.63, 3.8) is 0 Å². The Morgan fingerprint density at radius 3 is 2.39 bits per heavy atom. The number of hydrogen-bond donors (Lipinski definition) is 2. The number of nitrogens with zero attached hydrogens (tertiary/aromatic N) is 1. The Hall–Kier alpha value is -0.810. The third-order valence-electron chi connectivity index (χ3n) is 5.15. The molecule has 23 heavy (non-hydrogen) atoms. The summed E-state index contributed by atoms with van der Waals surface area (Å²) < 4.78 is 5.58. The highest BCUT2D eigenvalue weighted by atomic mass is 16.6. The average Bonchev–Trinajstić information content (AvgIpc) is 2.73. The number of aliphatic hydroxyl groups is 1. The summed E-state index contributed by atoms with van der Waals surface area (Å²) in [4.78, 5) is 14.4. The minimum absolute atomic E-state index is 0.143. The first-order valence-corrected chi connectivity index (χ1v) is 9.19. The lowest BCUT2D eigenvalue weighted by Crippen LogP contribution is -2.53. The highest BCUT2D eigenvalue weighted by molar-refractivity contribution is 5.69. The van der Waals surface area contributed by atoms with Crippen LogP contribution < -0.4 is 5.32 Å². The van der Waals surface area contributed by atoms with E-state index in [4.69, 9.17) is 9.84 Å². The molecule has 5 nitrogen and oxygen atoms in total. The molecule has 2 bridgehead atoms. The van der Waals surface area contributed by atoms with Crippen molar-refractivity contribution in [3.05, 3.63) is 0 Å². The summed E-state index contributed by atoms with van der Waals surface area (Å²) in [6, 6.07) is 1.12. The average molecular weight is 326 g/mol. The van der Waals surface area contributed by atoms with Gasteiger partial charge in [-0.15, -0.1) is 0 Å². The summed E-state index contributed by atoms with van der Waals surface area (Å²) in [5, 5.41) is 12.8. The minimum atomic E-state index is -0.426. The highest BCUT2D eigenvalue weighted by Crippen LogP contribution is 2.36. The van der Waals surface area contributed by atoms with Crippen LogP contribution in [0.25, 0.3) is 0 Å². The van der Waals surface area contributed by atoms with E-state index in [1.807, 2.05) is 25.7 Å². The van der Waals surface area contributed by atoms with Gasteiger partial charge in [-0.05, 0) is 65.3 Å². The second-order valence-electron chi connectivity index (χ2n) is 8.14. The summed E-state index contributed by atoms with van der Waals surface area (Å²) in [6.45, 7) is 9.18. The van der Waals surface area contributed by atoms with E-state index in [2.05, 4.69) is 12.2 Å². The van der Waals surface area contributed by atoms with Gasteiger partial charge in [-0.1, -0.05) is 13.3 Å². The fraction of sp³-hybridized carbons (Fsp3) is 0.944. The maximum absolute atomic E-state index is 12.4. The molecule has 0 aromatic rings. The molecule has 2 aliphatic rings. The number of ether oxygens (including phenoxy) is 1. The van der Waals surface area contributed by atoms with Gasteiger partial charge >= 0.3 is 6.09 Å². The zero-order valence-corrected chi connectivity index (χ0v) is 15.2. The molecular weight excluding hydrogens is 292 g/mol. The number of rotatable bonds is 6. The molecule has 2 aliphatic heterocycles. The minimum Gasteiger partial charge on any atom is -0.444 e. The lowest BCUT2D eigenvalue weighted by molar-refractivity contribution is 0.00454. The van der Waals surface area contributed by atoms with Gasteiger partial charge in [0.05, 0.1) is 0 Å². The van der Waals surface area contributed by atoms with E-state index in [-0.39, 0.29) is 12.7 Å². The third-order valence-corrected chi connectivity index (χ3v) is 5.15. The maximum atomic E-state index is 12.4. The van der Waals surface area contributed by atoms with Gasteiger partial charge in [-0.25, -0.2) is 4.79 Å². The van der Waals surface area contributed by atoms with Crippen LogP contribution >= 0.6 is 0 Å². The summed E-state index contributed by atoms with van der Waals surface area (Å²) in [5.41, 5.74) is -0.426. The van der Waals surface area contributed by atoms with Crippen LogP contribution in [-0.4, -0.2) is 53.0 Å². The van der Waals surface area contributed by atoms with Crippen molar-refractivity contribution >= 4 is 6.09 Å². The fourth-order valence-corrected chi connectivity index (χ4v) is 3.92. The first-order chi connectivity index (χ1) is 10.8. The molecule has 134 valence electrons. The molecule has 2 heterocycles. The maximum Gasteiger partial charge on any atom is 0.410 e. The number of fused-ring (bicyclic) bond motifs is 2. The SMILES string of the molecule is CCC(CCO)CNC1CC2CCC(C1)N2C(=O)OC(C)(C)C. The number of piperidine rings is 1. The first-order valence-electron chi connectivity index (χ1n) is 9.19. The van der Waals surface area contributed by atoms with Gasteiger partial charge < -0.3 is 20.1 Å². The van der Waals surface area contributed by atoms with Crippen molar-refractivity contribution in [3.8, 4) is 0 Å². The zero-order chi connectivity index (χ0) is 17.0. The molecule has 3 atom stereocenters. The Labute approximate surface area is 140 Å². The van der Waals surface area contributed by atoms with E-state index < -0.39 is 5.60 Å². The molecule has 1 amide bonds. The predicted octanol–water partition coefficient (Wildman–Crippen LogP) is 2.92. The first kappa shape index (κ1) is 18.5. The molecule has 0 aromatic carbocycles. The molecule has 0 aliphatic carbocycles. The van der Waals surface area contributed by atoms with Crippen molar-refractivity contribution < 1.29 is 14.6 Å². The number of aliphatic hydroxyl groups excluding tert-OH is 1. The van der Waals surface area contributed by atoms with Crippen molar-refractivity contribution in [2.75, 3.05) is 13.2 Å². The highest BCUT2D eigenvalue weighted by Gasteiger charge is 2.44. The van der Waals surface area contributed by atoms with Crippen LogP contribution in [0.5, 0.6) is 0 Å². The summed E-state index contributed by atoms with van der Waals surface area (Å²) >= 11 is 0. The van der Waals surface area contributed by atoms with Gasteiger partial charge in [0.15, 0.2) is 0 Å². The van der Waals surface area contributed by atoms with Crippen LogP contribution in [0.1, 0.15) is 66.2 Å². The van der Waals surface area contributed by atoms with Gasteiger partial charge in [0.2, 0.25) is 0 Å². The van der Waals surface area contributed by atoms with Crippen LogP contribution in [0.15, 0.2) is 0 Å². The smallest absolute Gasteiger partial charge is 0.410 e. The summed E-state index contributed by atoms with van der Waals surface area (Å²) in [7, 11) is 0. The molecule has 5 heteroatoms. The number of nitrogens with one attached hydrogen (secondary N) is 1. The van der Waals surface area contributed by atoms with Gasteiger partial charge in [-0.3, -0.25) is 0 Å². The number of carbonyl (C=O) groups excluding carboxylic acids is 1. The third kappa shape index (κ3) is 5.08. The largest absolute Gasteiger partial charge is 0.444 e. The van der Waals surface area contributed by atoms with Crippen molar-refractivity contribution in [2.45, 2.75) is 89.9 Å². The van der Waals surface area contributed by atoms with Gasteiger partial charge in [0, 0.05) is 24.7 Å². The molecule has 0 radical (unpaired) electrons. The van der Waals surface area contributed by atoms with E-state index in [0.717, 1.165) is 45.1 Å². The Bertz CT molecular complexity index is 380. The van der Waals surface area contributed by atoms with Crippen LogP contribution in [0, 0.1) is 5.92 Å². The van der Waals surface area contributed by atoms with E-state index in [9.17, 15) is 4.79 Å². The van der Waals surface area contributed by atoms with Crippen LogP contribution in [0.2, 0.25) is 0 Å². The standard InChI is InChI=1S/C18H34N2O3/c1-5-13(8-9-21)12-19-14-10-15-6-7-16(11-14)20(15)17(22)23-18(2,3)4/h13-16,19,21H,5-12H2,1-4H3. The monoisotopic (exact) mass is 326 g/mol. The molecule has 2 fully saturated rings. The lowest BCUT2D eigenvalue weighted by Gasteiger charge is -2.40. The second kappa shape index (κ2) is 7.84. The van der Waals surface area contributed by atoms with E-state index in [1.54, 1.807) is 0 Å². The van der Waals surface area contributed by atoms with Crippen molar-refractivity contribution in [2.24, 2.45) is 5.92 Å². The molecular formula is C18H34N2O3. The summed E-state index contributed by atoms with van der Waals surface area (Å²) in [5.74, 6) is 0.543. The van der Waals surface area contributed by atoms with Crippen LogP contribution in [0.3, 0.4) is 0 Å². The molecule has 3 unspecified atom stereocenters. The Morgan fingerprint density at radius 1 is 1.30 bits per heavy atom. The number of carbonyl (C=O) groups is 1. The predicted molar refractivity (Wildman–Crippen MR) is 91.4 cm³/mol.